The van der Waals surface area contributed by atoms with Crippen molar-refractivity contribution in [1.29, 1.82) is 5.26 Å². The molecule has 10 nitrogen and oxygen atoms in total. The van der Waals surface area contributed by atoms with Gasteiger partial charge in [0.15, 0.2) is 16.6 Å². The molecule has 202 valence electrons. The monoisotopic (exact) mass is 592 g/mol. The van der Waals surface area contributed by atoms with Crippen molar-refractivity contribution in [3.63, 3.8) is 0 Å². The Morgan fingerprint density at radius 1 is 1.02 bits per heavy atom. The Kier molecular flexibility index (Phi) is 7.36. The van der Waals surface area contributed by atoms with Crippen LogP contribution < -0.4 is 31.0 Å². The molecule has 0 saturated carbocycles. The lowest BCUT2D eigenvalue weighted by molar-refractivity contribution is 0.103. The summed E-state index contributed by atoms with van der Waals surface area (Å²) in [4.78, 5) is 22.8. The van der Waals surface area contributed by atoms with Gasteiger partial charge in [-0.05, 0) is 29.8 Å². The number of carbonyl (C=O) groups excluding carboxylic acids is 1. The first-order valence-corrected chi connectivity index (χ1v) is 13.6. The van der Waals surface area contributed by atoms with Crippen LogP contribution in [0.2, 0.25) is 5.02 Å². The van der Waals surface area contributed by atoms with Gasteiger partial charge in [0.2, 0.25) is 5.75 Å². The van der Waals surface area contributed by atoms with Crippen LogP contribution >= 0.6 is 34.3 Å². The number of nitrogens with one attached hydrogen (secondary N) is 1. The molecule has 0 aliphatic carbocycles. The van der Waals surface area contributed by atoms with Crippen LogP contribution in [0.4, 0.5) is 16.6 Å². The molecule has 2 aromatic carbocycles. The zero-order valence-corrected chi connectivity index (χ0v) is 23.8. The molecule has 0 bridgehead atoms. The van der Waals surface area contributed by atoms with Crippen LogP contribution in [0.25, 0.3) is 32.6 Å². The molecule has 5 rings (SSSR count). The number of hydrogen-bond acceptors (Lipinski definition) is 11. The number of thiophene rings is 1. The quantitative estimate of drug-likeness (QED) is 0.204. The van der Waals surface area contributed by atoms with Crippen molar-refractivity contribution in [1.82, 2.24) is 9.97 Å². The molecule has 5 N–H and O–H groups in total. The zero-order chi connectivity index (χ0) is 28.6. The Morgan fingerprint density at radius 3 is 2.30 bits per heavy atom. The van der Waals surface area contributed by atoms with Gasteiger partial charge >= 0.3 is 0 Å². The minimum absolute atomic E-state index is 0.000473. The highest BCUT2D eigenvalue weighted by molar-refractivity contribution is 7.21. The molecule has 3 aromatic heterocycles. The number of anilines is 3. The van der Waals surface area contributed by atoms with Crippen LogP contribution in [0.5, 0.6) is 17.2 Å². The van der Waals surface area contributed by atoms with E-state index in [4.69, 9.17) is 37.3 Å². The average molecular weight is 593 g/mol. The first kappa shape index (κ1) is 27.0. The molecule has 0 atom stereocenters. The van der Waals surface area contributed by atoms with Gasteiger partial charge in [0, 0.05) is 26.9 Å². The third kappa shape index (κ3) is 4.71. The number of fused-ring (bicyclic) bond motifs is 1. The number of nitriles is 1. The van der Waals surface area contributed by atoms with Crippen molar-refractivity contribution < 1.29 is 19.0 Å². The van der Waals surface area contributed by atoms with Crippen LogP contribution in [0, 0.1) is 11.3 Å². The minimum atomic E-state index is -0.467. The lowest BCUT2D eigenvalue weighted by atomic mass is 9.96. The number of nitrogens with two attached hydrogens (primary N) is 2. The molecule has 1 amide bonds. The second kappa shape index (κ2) is 10.9. The number of carbonyl (C=O) groups is 1. The summed E-state index contributed by atoms with van der Waals surface area (Å²) >= 11 is 8.31. The molecule has 0 unspecified atom stereocenters. The maximum Gasteiger partial charge on any atom is 0.269 e. The summed E-state index contributed by atoms with van der Waals surface area (Å²) in [7, 11) is 4.47. The van der Waals surface area contributed by atoms with Crippen molar-refractivity contribution in [2.24, 2.45) is 0 Å². The topological polar surface area (TPSA) is 158 Å². The molecule has 0 radical (unpaired) electrons. The molecular formula is C27H21ClN6O4S2. The van der Waals surface area contributed by atoms with Gasteiger partial charge in [-0.3, -0.25) is 10.1 Å². The number of rotatable bonds is 7. The Morgan fingerprint density at radius 2 is 1.70 bits per heavy atom. The average Bonchev–Trinajstić information content (AvgIpc) is 3.55. The highest BCUT2D eigenvalue weighted by atomic mass is 35.5. The Hall–Kier alpha value is -4.57. The van der Waals surface area contributed by atoms with E-state index in [9.17, 15) is 10.1 Å². The highest BCUT2D eigenvalue weighted by Crippen LogP contribution is 2.47. The number of nitrogen functional groups attached to an aromatic ring is 2. The lowest BCUT2D eigenvalue weighted by Crippen LogP contribution is -2.11. The molecule has 0 aliphatic rings. The summed E-state index contributed by atoms with van der Waals surface area (Å²) < 4.78 is 16.4. The number of halogens is 1. The van der Waals surface area contributed by atoms with E-state index in [1.165, 1.54) is 32.7 Å². The molecule has 0 saturated heterocycles. The van der Waals surface area contributed by atoms with Crippen LogP contribution in [0.15, 0.2) is 41.8 Å². The normalized spacial score (nSPS) is 10.8. The number of thiazole rings is 1. The third-order valence-electron chi connectivity index (χ3n) is 6.04. The van der Waals surface area contributed by atoms with Gasteiger partial charge in [-0.2, -0.15) is 5.26 Å². The van der Waals surface area contributed by atoms with Gasteiger partial charge in [0.25, 0.3) is 5.91 Å². The molecule has 13 heteroatoms. The van der Waals surface area contributed by atoms with Crippen molar-refractivity contribution >= 4 is 67.0 Å². The molecule has 40 heavy (non-hydrogen) atoms. The SMILES string of the molecule is COc1cc(-c2c(C#N)c(N)nc3sc(C(=O)Nc4nc(-c5ccc(Cl)cc5)cs4)c(N)c23)cc(OC)c1OC. The maximum atomic E-state index is 13.4. The molecular weight excluding hydrogens is 572 g/mol. The number of benzene rings is 2. The molecule has 0 fully saturated rings. The number of amides is 1. The lowest BCUT2D eigenvalue weighted by Gasteiger charge is -2.16. The van der Waals surface area contributed by atoms with Crippen LogP contribution in [-0.4, -0.2) is 37.2 Å². The number of nitrogens with zero attached hydrogens (tertiary/aromatic N) is 3. The summed E-state index contributed by atoms with van der Waals surface area (Å²) in [6, 6.07) is 12.7. The molecule has 0 spiro atoms. The van der Waals surface area contributed by atoms with E-state index < -0.39 is 5.91 Å². The van der Waals surface area contributed by atoms with Crippen LogP contribution in [-0.2, 0) is 0 Å². The smallest absolute Gasteiger partial charge is 0.269 e. The van der Waals surface area contributed by atoms with Crippen LogP contribution in [0.1, 0.15) is 15.2 Å². The van der Waals surface area contributed by atoms with Crippen molar-refractivity contribution in [3.8, 4) is 45.7 Å². The van der Waals surface area contributed by atoms with E-state index >= 15 is 0 Å². The number of aromatic nitrogens is 2. The Balaban J connectivity index is 1.60. The predicted molar refractivity (Wildman–Crippen MR) is 159 cm³/mol. The number of pyridine rings is 1. The molecule has 5 aromatic rings. The molecule has 0 aliphatic heterocycles. The van der Waals surface area contributed by atoms with Gasteiger partial charge in [-0.15, -0.1) is 22.7 Å². The van der Waals surface area contributed by atoms with E-state index in [-0.39, 0.29) is 21.9 Å². The van der Waals surface area contributed by atoms with Crippen molar-refractivity contribution in [3.05, 3.63) is 57.2 Å². The van der Waals surface area contributed by atoms with E-state index in [1.807, 2.05) is 17.5 Å². The fourth-order valence-electron chi connectivity index (χ4n) is 4.20. The van der Waals surface area contributed by atoms with Crippen LogP contribution in [0.3, 0.4) is 0 Å². The second-order valence-corrected chi connectivity index (χ2v) is 10.6. The Bertz CT molecular complexity index is 1790. The summed E-state index contributed by atoms with van der Waals surface area (Å²) in [6.45, 7) is 0. The maximum absolute atomic E-state index is 13.4. The van der Waals surface area contributed by atoms with Gasteiger partial charge in [-0.25, -0.2) is 9.97 Å². The van der Waals surface area contributed by atoms with Crippen molar-refractivity contribution in [2.45, 2.75) is 0 Å². The summed E-state index contributed by atoms with van der Waals surface area (Å²) in [6.07, 6.45) is 0. The zero-order valence-electron chi connectivity index (χ0n) is 21.4. The summed E-state index contributed by atoms with van der Waals surface area (Å²) in [5.41, 5.74) is 15.5. The number of hydrogen-bond donors (Lipinski definition) is 3. The standard InChI is InChI=1S/C27H21ClN6O4S2/c1-36-17-8-13(9-18(37-2)22(17)38-3)19-15(10-29)24(31)33-26-20(19)21(30)23(40-26)25(35)34-27-32-16(11-39-27)12-4-6-14(28)7-5-12/h4-9,11H,30H2,1-3H3,(H2,31,33)(H,32,34,35). The largest absolute Gasteiger partial charge is 0.493 e. The second-order valence-electron chi connectivity index (χ2n) is 8.30. The van der Waals surface area contributed by atoms with Gasteiger partial charge in [-0.1, -0.05) is 23.7 Å². The Labute approximate surface area is 241 Å². The highest BCUT2D eigenvalue weighted by Gasteiger charge is 2.26. The first-order chi connectivity index (χ1) is 19.3. The summed E-state index contributed by atoms with van der Waals surface area (Å²) in [5, 5.41) is 16.1. The first-order valence-electron chi connectivity index (χ1n) is 11.5. The number of ether oxygens (including phenoxy) is 3. The van der Waals surface area contributed by atoms with Gasteiger partial charge in [0.05, 0.1) is 32.7 Å². The number of methoxy groups -OCH3 is 3. The van der Waals surface area contributed by atoms with E-state index in [0.717, 1.165) is 16.9 Å². The van der Waals surface area contributed by atoms with E-state index in [2.05, 4.69) is 21.4 Å². The fraction of sp³-hybridized carbons (Fsp3) is 0.111. The van der Waals surface area contributed by atoms with E-state index in [1.54, 1.807) is 24.3 Å². The fourth-order valence-corrected chi connectivity index (χ4v) is 6.05. The van der Waals surface area contributed by atoms with Gasteiger partial charge < -0.3 is 25.7 Å². The minimum Gasteiger partial charge on any atom is -0.493 e. The van der Waals surface area contributed by atoms with Gasteiger partial charge in [0.1, 0.15) is 27.2 Å². The van der Waals surface area contributed by atoms with Crippen molar-refractivity contribution in [2.75, 3.05) is 38.1 Å². The predicted octanol–water partition coefficient (Wildman–Crippen LogP) is 6.05. The van der Waals surface area contributed by atoms with E-state index in [0.29, 0.717) is 54.4 Å². The summed E-state index contributed by atoms with van der Waals surface area (Å²) in [5.74, 6) is 0.655. The molecule has 3 heterocycles. The third-order valence-corrected chi connectivity index (χ3v) is 8.15.